The highest BCUT2D eigenvalue weighted by Gasteiger charge is 2.25. The van der Waals surface area contributed by atoms with Crippen molar-refractivity contribution >= 4 is 40.1 Å². The number of hydrogen-bond acceptors (Lipinski definition) is 5. The Morgan fingerprint density at radius 3 is 3.10 bits per heavy atom. The third-order valence-electron chi connectivity index (χ3n) is 3.07. The molecule has 0 bridgehead atoms. The van der Waals surface area contributed by atoms with Crippen LogP contribution in [0.5, 0.6) is 5.75 Å². The second-order valence-electron chi connectivity index (χ2n) is 4.17. The molecule has 1 aliphatic heterocycles. The SMILES string of the molecule is CCOc1c(F)c(SC)c(N2C=CSC2)c2cn[nH]c12. The van der Waals surface area contributed by atoms with Gasteiger partial charge in [-0.25, -0.2) is 4.39 Å². The van der Waals surface area contributed by atoms with E-state index in [1.54, 1.807) is 18.0 Å². The summed E-state index contributed by atoms with van der Waals surface area (Å²) >= 11 is 3.07. The van der Waals surface area contributed by atoms with Crippen LogP contribution >= 0.6 is 23.5 Å². The van der Waals surface area contributed by atoms with Crippen molar-refractivity contribution < 1.29 is 9.13 Å². The monoisotopic (exact) mass is 311 g/mol. The van der Waals surface area contributed by atoms with Crippen molar-refractivity contribution in [3.8, 4) is 5.75 Å². The molecular weight excluding hydrogens is 297 g/mol. The molecule has 0 atom stereocenters. The molecule has 1 N–H and O–H groups in total. The lowest BCUT2D eigenvalue weighted by Crippen LogP contribution is -2.13. The highest BCUT2D eigenvalue weighted by molar-refractivity contribution is 8.02. The number of anilines is 1. The molecule has 106 valence electrons. The van der Waals surface area contributed by atoms with Crippen molar-refractivity contribution in [3.63, 3.8) is 0 Å². The third-order valence-corrected chi connectivity index (χ3v) is 4.59. The van der Waals surface area contributed by atoms with Crippen LogP contribution < -0.4 is 9.64 Å². The number of ether oxygens (including phenoxy) is 1. The van der Waals surface area contributed by atoms with Crippen LogP contribution in [0, 0.1) is 5.82 Å². The zero-order valence-corrected chi connectivity index (χ0v) is 12.8. The van der Waals surface area contributed by atoms with E-state index in [4.69, 9.17) is 4.74 Å². The first-order valence-corrected chi connectivity index (χ1v) is 8.45. The van der Waals surface area contributed by atoms with E-state index < -0.39 is 0 Å². The molecule has 0 saturated carbocycles. The van der Waals surface area contributed by atoms with Gasteiger partial charge in [-0.1, -0.05) is 0 Å². The van der Waals surface area contributed by atoms with Gasteiger partial charge in [0.2, 0.25) is 0 Å². The number of nitrogens with zero attached hydrogens (tertiary/aromatic N) is 2. The summed E-state index contributed by atoms with van der Waals surface area (Å²) in [4.78, 5) is 2.63. The molecule has 1 aliphatic rings. The van der Waals surface area contributed by atoms with E-state index >= 15 is 0 Å². The van der Waals surface area contributed by atoms with E-state index in [9.17, 15) is 4.39 Å². The van der Waals surface area contributed by atoms with Gasteiger partial charge in [0, 0.05) is 11.6 Å². The first kappa shape index (κ1) is 13.6. The molecule has 0 fully saturated rings. The summed E-state index contributed by atoms with van der Waals surface area (Å²) in [7, 11) is 0. The maximum absolute atomic E-state index is 14.7. The second-order valence-corrected chi connectivity index (χ2v) is 5.85. The fraction of sp³-hybridized carbons (Fsp3) is 0.308. The average molecular weight is 311 g/mol. The minimum atomic E-state index is -0.323. The summed E-state index contributed by atoms with van der Waals surface area (Å²) in [6.45, 7) is 2.26. The van der Waals surface area contributed by atoms with Gasteiger partial charge in [0.1, 0.15) is 5.52 Å². The number of fused-ring (bicyclic) bond motifs is 1. The van der Waals surface area contributed by atoms with Gasteiger partial charge >= 0.3 is 0 Å². The van der Waals surface area contributed by atoms with E-state index in [0.29, 0.717) is 17.0 Å². The fourth-order valence-electron chi connectivity index (χ4n) is 2.25. The van der Waals surface area contributed by atoms with Gasteiger partial charge in [-0.05, 0) is 18.6 Å². The number of nitrogens with one attached hydrogen (secondary N) is 1. The molecule has 0 saturated heterocycles. The van der Waals surface area contributed by atoms with Crippen molar-refractivity contribution in [1.29, 1.82) is 0 Å². The molecule has 7 heteroatoms. The molecule has 0 radical (unpaired) electrons. The Morgan fingerprint density at radius 2 is 2.45 bits per heavy atom. The van der Waals surface area contributed by atoms with Gasteiger partial charge in [-0.2, -0.15) is 5.10 Å². The maximum Gasteiger partial charge on any atom is 0.182 e. The van der Waals surface area contributed by atoms with Gasteiger partial charge in [-0.15, -0.1) is 23.5 Å². The number of thioether (sulfide) groups is 2. The van der Waals surface area contributed by atoms with Crippen molar-refractivity contribution in [2.75, 3.05) is 23.6 Å². The van der Waals surface area contributed by atoms with Crippen LogP contribution in [0.15, 0.2) is 22.7 Å². The predicted molar refractivity (Wildman–Crippen MR) is 83.1 cm³/mol. The number of H-pyrrole nitrogens is 1. The fourth-order valence-corrected chi connectivity index (χ4v) is 3.64. The molecule has 0 aliphatic carbocycles. The lowest BCUT2D eigenvalue weighted by atomic mass is 10.2. The summed E-state index contributed by atoms with van der Waals surface area (Å²) in [6.07, 6.45) is 5.56. The molecule has 1 aromatic carbocycles. The highest BCUT2D eigenvalue weighted by atomic mass is 32.2. The molecule has 20 heavy (non-hydrogen) atoms. The van der Waals surface area contributed by atoms with Crippen molar-refractivity contribution in [2.45, 2.75) is 11.8 Å². The summed E-state index contributed by atoms with van der Waals surface area (Å²) in [5.74, 6) is 0.710. The lowest BCUT2D eigenvalue weighted by molar-refractivity contribution is 0.322. The minimum absolute atomic E-state index is 0.254. The van der Waals surface area contributed by atoms with Gasteiger partial charge in [-0.3, -0.25) is 5.10 Å². The van der Waals surface area contributed by atoms with Crippen LogP contribution in [0.3, 0.4) is 0 Å². The maximum atomic E-state index is 14.7. The van der Waals surface area contributed by atoms with E-state index in [2.05, 4.69) is 10.2 Å². The Morgan fingerprint density at radius 1 is 1.60 bits per heavy atom. The van der Waals surface area contributed by atoms with Gasteiger partial charge < -0.3 is 9.64 Å². The Labute approximate surface area is 124 Å². The number of aromatic nitrogens is 2. The second kappa shape index (κ2) is 5.57. The lowest BCUT2D eigenvalue weighted by Gasteiger charge is -2.21. The number of rotatable bonds is 4. The van der Waals surface area contributed by atoms with Crippen molar-refractivity contribution in [3.05, 3.63) is 23.6 Å². The summed E-state index contributed by atoms with van der Waals surface area (Å²) in [5, 5.41) is 9.79. The van der Waals surface area contributed by atoms with Crippen LogP contribution in [0.25, 0.3) is 10.9 Å². The van der Waals surface area contributed by atoms with Crippen LogP contribution in [-0.2, 0) is 0 Å². The van der Waals surface area contributed by atoms with Gasteiger partial charge in [0.15, 0.2) is 11.6 Å². The van der Waals surface area contributed by atoms with Gasteiger partial charge in [0.25, 0.3) is 0 Å². The molecule has 0 amide bonds. The molecule has 1 aromatic heterocycles. The van der Waals surface area contributed by atoms with Crippen molar-refractivity contribution in [2.24, 2.45) is 0 Å². The normalized spacial score (nSPS) is 14.4. The molecule has 3 rings (SSSR count). The quantitative estimate of drug-likeness (QED) is 0.870. The molecular formula is C13H14FN3OS2. The Hall–Kier alpha value is -1.34. The van der Waals surface area contributed by atoms with E-state index in [1.807, 2.05) is 29.7 Å². The largest absolute Gasteiger partial charge is 0.489 e. The Balaban J connectivity index is 2.30. The van der Waals surface area contributed by atoms with E-state index in [0.717, 1.165) is 17.0 Å². The smallest absolute Gasteiger partial charge is 0.182 e. The van der Waals surface area contributed by atoms with Crippen LogP contribution in [0.4, 0.5) is 10.1 Å². The topological polar surface area (TPSA) is 41.1 Å². The molecule has 2 aromatic rings. The predicted octanol–water partition coefficient (Wildman–Crippen LogP) is 3.80. The zero-order chi connectivity index (χ0) is 14.1. The number of halogens is 1. The summed E-state index contributed by atoms with van der Waals surface area (Å²) < 4.78 is 20.2. The average Bonchev–Trinajstić information content (AvgIpc) is 3.12. The molecule has 0 spiro atoms. The number of aromatic amines is 1. The number of hydrogen-bond donors (Lipinski definition) is 1. The molecule has 4 nitrogen and oxygen atoms in total. The van der Waals surface area contributed by atoms with Crippen LogP contribution in [0.1, 0.15) is 6.92 Å². The first-order chi connectivity index (χ1) is 9.77. The molecule has 2 heterocycles. The Kier molecular flexibility index (Phi) is 3.80. The third kappa shape index (κ3) is 2.05. The minimum Gasteiger partial charge on any atom is -0.489 e. The van der Waals surface area contributed by atoms with E-state index in [-0.39, 0.29) is 11.6 Å². The van der Waals surface area contributed by atoms with Crippen LogP contribution in [-0.4, -0.2) is 28.9 Å². The van der Waals surface area contributed by atoms with Crippen molar-refractivity contribution in [1.82, 2.24) is 10.2 Å². The first-order valence-electron chi connectivity index (χ1n) is 6.18. The molecule has 0 unspecified atom stereocenters. The van der Waals surface area contributed by atoms with Crippen LogP contribution in [0.2, 0.25) is 0 Å². The summed E-state index contributed by atoms with van der Waals surface area (Å²) in [5.41, 5.74) is 1.46. The highest BCUT2D eigenvalue weighted by Crippen LogP contribution is 2.44. The Bertz CT molecular complexity index is 671. The standard InChI is InChI=1S/C13H14FN3OS2/c1-3-18-12-9(14)13(19-2)11(17-4-5-20-7-17)8-6-15-16-10(8)12/h4-6H,3,7H2,1-2H3,(H,15,16). The summed E-state index contributed by atoms with van der Waals surface area (Å²) in [6, 6.07) is 0. The number of benzene rings is 1. The van der Waals surface area contributed by atoms with Gasteiger partial charge in [0.05, 0.1) is 29.3 Å². The van der Waals surface area contributed by atoms with E-state index in [1.165, 1.54) is 11.8 Å². The zero-order valence-electron chi connectivity index (χ0n) is 11.1.